The lowest BCUT2D eigenvalue weighted by atomic mass is 10.0. The topological polar surface area (TPSA) is 70.2 Å². The molecule has 0 unspecified atom stereocenters. The first-order valence-corrected chi connectivity index (χ1v) is 10.9. The molecule has 1 aliphatic rings. The maximum Gasteiger partial charge on any atom is 0.226 e. The molecule has 1 heterocycles. The van der Waals surface area contributed by atoms with Gasteiger partial charge in [0, 0.05) is 26.6 Å². The molecular formula is C21H41N3O2. The van der Waals surface area contributed by atoms with Gasteiger partial charge >= 0.3 is 0 Å². The van der Waals surface area contributed by atoms with E-state index in [0.717, 1.165) is 13.0 Å². The molecule has 0 aromatic carbocycles. The Bertz CT molecular complexity index is 387. The summed E-state index contributed by atoms with van der Waals surface area (Å²) in [4.78, 5) is 23.4. The molecule has 5 heteroatoms. The minimum Gasteiger partial charge on any atom is -0.356 e. The molecule has 0 aliphatic carbocycles. The summed E-state index contributed by atoms with van der Waals surface area (Å²) in [5, 5.41) is 9.07. The molecule has 152 valence electrons. The van der Waals surface area contributed by atoms with E-state index >= 15 is 0 Å². The third-order valence-electron chi connectivity index (χ3n) is 5.27. The van der Waals surface area contributed by atoms with Gasteiger partial charge in [0.25, 0.3) is 0 Å². The molecule has 0 saturated carbocycles. The molecule has 1 saturated heterocycles. The van der Waals surface area contributed by atoms with Gasteiger partial charge in [-0.15, -0.1) is 0 Å². The van der Waals surface area contributed by atoms with Gasteiger partial charge in [-0.05, 0) is 6.42 Å². The molecule has 1 fully saturated rings. The van der Waals surface area contributed by atoms with Crippen LogP contribution in [-0.4, -0.2) is 37.5 Å². The van der Waals surface area contributed by atoms with Crippen molar-refractivity contribution in [3.63, 3.8) is 0 Å². The Morgan fingerprint density at radius 2 is 1.38 bits per heavy atom. The van der Waals surface area contributed by atoms with Crippen molar-refractivity contribution in [3.8, 4) is 0 Å². The second kappa shape index (κ2) is 15.0. The highest BCUT2D eigenvalue weighted by molar-refractivity contribution is 5.81. The van der Waals surface area contributed by atoms with Gasteiger partial charge in [0.1, 0.15) is 0 Å². The molecule has 2 amide bonds. The molecule has 26 heavy (non-hydrogen) atoms. The van der Waals surface area contributed by atoms with Gasteiger partial charge < -0.3 is 16.0 Å². The Hall–Kier alpha value is -1.10. The molecule has 2 atom stereocenters. The van der Waals surface area contributed by atoms with E-state index in [-0.39, 0.29) is 23.8 Å². The first-order valence-electron chi connectivity index (χ1n) is 10.9. The van der Waals surface area contributed by atoms with E-state index in [0.29, 0.717) is 13.1 Å². The van der Waals surface area contributed by atoms with Gasteiger partial charge in [-0.25, -0.2) is 0 Å². The Kier molecular flexibility index (Phi) is 13.2. The number of hydrogen-bond donors (Lipinski definition) is 3. The van der Waals surface area contributed by atoms with Crippen LogP contribution in [0.3, 0.4) is 0 Å². The summed E-state index contributed by atoms with van der Waals surface area (Å²) in [6, 6.07) is -0.0746. The van der Waals surface area contributed by atoms with E-state index in [4.69, 9.17) is 0 Å². The summed E-state index contributed by atoms with van der Waals surface area (Å²) < 4.78 is 0. The normalized spacial score (nSPS) is 19.5. The lowest BCUT2D eigenvalue weighted by Crippen LogP contribution is -2.45. The smallest absolute Gasteiger partial charge is 0.226 e. The standard InChI is InChI=1S/C21H41N3O2/c1-3-4-5-6-7-8-9-10-11-12-13-14-15-23-21(26)19-16-22-17-20(19)24-18(2)25/h19-20,22H,3-17H2,1-2H3,(H,23,26)(H,24,25)/t19-,20-/m1/s1. The van der Waals surface area contributed by atoms with Crippen molar-refractivity contribution in [1.29, 1.82) is 0 Å². The van der Waals surface area contributed by atoms with E-state index in [2.05, 4.69) is 22.9 Å². The van der Waals surface area contributed by atoms with Crippen molar-refractivity contribution in [2.75, 3.05) is 19.6 Å². The first-order chi connectivity index (χ1) is 12.6. The second-order valence-corrected chi connectivity index (χ2v) is 7.75. The third kappa shape index (κ3) is 10.8. The molecule has 0 bridgehead atoms. The minimum absolute atomic E-state index is 0.0665. The summed E-state index contributed by atoms with van der Waals surface area (Å²) in [6.45, 7) is 5.84. The Labute approximate surface area is 160 Å². The zero-order chi connectivity index (χ0) is 19.0. The van der Waals surface area contributed by atoms with Crippen LogP contribution < -0.4 is 16.0 Å². The number of carbonyl (C=O) groups excluding carboxylic acids is 2. The average Bonchev–Trinajstić information content (AvgIpc) is 3.06. The highest BCUT2D eigenvalue weighted by Gasteiger charge is 2.33. The van der Waals surface area contributed by atoms with E-state index in [9.17, 15) is 9.59 Å². The summed E-state index contributed by atoms with van der Waals surface area (Å²) in [5.41, 5.74) is 0. The molecule has 1 aliphatic heterocycles. The van der Waals surface area contributed by atoms with Gasteiger partial charge in [-0.3, -0.25) is 9.59 Å². The average molecular weight is 368 g/mol. The number of hydrogen-bond acceptors (Lipinski definition) is 3. The van der Waals surface area contributed by atoms with Crippen LogP contribution in [-0.2, 0) is 9.59 Å². The van der Waals surface area contributed by atoms with Crippen LogP contribution in [0.25, 0.3) is 0 Å². The van der Waals surface area contributed by atoms with Gasteiger partial charge in [0.15, 0.2) is 0 Å². The van der Waals surface area contributed by atoms with Crippen LogP contribution in [0.5, 0.6) is 0 Å². The summed E-state index contributed by atoms with van der Waals surface area (Å²) in [6.07, 6.45) is 15.9. The molecular weight excluding hydrogens is 326 g/mol. The van der Waals surface area contributed by atoms with E-state index in [1.165, 1.54) is 77.6 Å². The predicted molar refractivity (Wildman–Crippen MR) is 108 cm³/mol. The van der Waals surface area contributed by atoms with Crippen LogP contribution in [0.2, 0.25) is 0 Å². The van der Waals surface area contributed by atoms with Gasteiger partial charge in [-0.1, -0.05) is 77.6 Å². The van der Waals surface area contributed by atoms with E-state index in [1.807, 2.05) is 0 Å². The Balaban J connectivity index is 1.91. The summed E-state index contributed by atoms with van der Waals surface area (Å²) >= 11 is 0. The van der Waals surface area contributed by atoms with Crippen LogP contribution in [0.15, 0.2) is 0 Å². The fourth-order valence-electron chi connectivity index (χ4n) is 3.68. The van der Waals surface area contributed by atoms with Crippen LogP contribution in [0.1, 0.15) is 90.9 Å². The van der Waals surface area contributed by atoms with Crippen molar-refractivity contribution >= 4 is 11.8 Å². The highest BCUT2D eigenvalue weighted by Crippen LogP contribution is 2.12. The molecule has 0 aromatic heterocycles. The Morgan fingerprint density at radius 3 is 1.92 bits per heavy atom. The lowest BCUT2D eigenvalue weighted by Gasteiger charge is -2.18. The zero-order valence-electron chi connectivity index (χ0n) is 17.1. The number of unbranched alkanes of at least 4 members (excludes halogenated alkanes) is 11. The van der Waals surface area contributed by atoms with E-state index in [1.54, 1.807) is 0 Å². The second-order valence-electron chi connectivity index (χ2n) is 7.75. The maximum absolute atomic E-state index is 12.2. The maximum atomic E-state index is 12.2. The van der Waals surface area contributed by atoms with Crippen LogP contribution >= 0.6 is 0 Å². The molecule has 0 aromatic rings. The number of nitrogens with one attached hydrogen (secondary N) is 3. The Morgan fingerprint density at radius 1 is 0.846 bits per heavy atom. The fraction of sp³-hybridized carbons (Fsp3) is 0.905. The summed E-state index contributed by atoms with van der Waals surface area (Å²) in [5.74, 6) is -0.148. The monoisotopic (exact) mass is 367 g/mol. The largest absolute Gasteiger partial charge is 0.356 e. The molecule has 1 rings (SSSR count). The van der Waals surface area contributed by atoms with Crippen molar-refractivity contribution < 1.29 is 9.59 Å². The van der Waals surface area contributed by atoms with Gasteiger partial charge in [0.2, 0.25) is 11.8 Å². The summed E-state index contributed by atoms with van der Waals surface area (Å²) in [7, 11) is 0. The molecule has 5 nitrogen and oxygen atoms in total. The quantitative estimate of drug-likeness (QED) is 0.388. The van der Waals surface area contributed by atoms with Crippen LogP contribution in [0, 0.1) is 5.92 Å². The number of rotatable bonds is 15. The van der Waals surface area contributed by atoms with Crippen molar-refractivity contribution in [1.82, 2.24) is 16.0 Å². The molecule has 0 spiro atoms. The molecule has 0 radical (unpaired) electrons. The van der Waals surface area contributed by atoms with E-state index < -0.39 is 0 Å². The number of amides is 2. The third-order valence-corrected chi connectivity index (χ3v) is 5.27. The molecule has 3 N–H and O–H groups in total. The first kappa shape index (κ1) is 22.9. The van der Waals surface area contributed by atoms with Gasteiger partial charge in [-0.2, -0.15) is 0 Å². The lowest BCUT2D eigenvalue weighted by molar-refractivity contribution is -0.125. The predicted octanol–water partition coefficient (Wildman–Crippen LogP) is 3.53. The van der Waals surface area contributed by atoms with Crippen molar-refractivity contribution in [3.05, 3.63) is 0 Å². The fourth-order valence-corrected chi connectivity index (χ4v) is 3.68. The highest BCUT2D eigenvalue weighted by atomic mass is 16.2. The van der Waals surface area contributed by atoms with Gasteiger partial charge in [0.05, 0.1) is 12.0 Å². The minimum atomic E-state index is -0.142. The number of carbonyl (C=O) groups is 2. The van der Waals surface area contributed by atoms with Crippen molar-refractivity contribution in [2.24, 2.45) is 5.92 Å². The van der Waals surface area contributed by atoms with Crippen molar-refractivity contribution in [2.45, 2.75) is 96.9 Å². The van der Waals surface area contributed by atoms with Crippen LogP contribution in [0.4, 0.5) is 0 Å². The zero-order valence-corrected chi connectivity index (χ0v) is 17.1. The SMILES string of the molecule is CCCCCCCCCCCCCCNC(=O)[C@@H]1CNC[C@H]1NC(C)=O.